The van der Waals surface area contributed by atoms with Crippen molar-refractivity contribution in [3.63, 3.8) is 0 Å². The molecule has 0 bridgehead atoms. The van der Waals surface area contributed by atoms with Gasteiger partial charge in [-0.05, 0) is 60.9 Å². The predicted molar refractivity (Wildman–Crippen MR) is 84.8 cm³/mol. The van der Waals surface area contributed by atoms with E-state index in [-0.39, 0.29) is 6.79 Å². The molecule has 0 amide bonds. The number of nitrogens with zero attached hydrogens (tertiary/aromatic N) is 3. The van der Waals surface area contributed by atoms with Crippen LogP contribution < -0.4 is 9.47 Å². The van der Waals surface area contributed by atoms with Gasteiger partial charge in [-0.25, -0.2) is 9.66 Å². The Kier molecular flexibility index (Phi) is 2.85. The van der Waals surface area contributed by atoms with E-state index in [1.807, 2.05) is 18.2 Å². The highest BCUT2D eigenvalue weighted by Gasteiger charge is 2.12. The molecule has 1 aromatic heterocycles. The monoisotopic (exact) mass is 293 g/mol. The molecule has 1 aliphatic rings. The first-order valence-corrected chi connectivity index (χ1v) is 7.09. The summed E-state index contributed by atoms with van der Waals surface area (Å²) < 4.78 is 12.5. The molecular formula is C17H15N3O2. The Bertz CT molecular complexity index is 896. The minimum absolute atomic E-state index is 0.278. The summed E-state index contributed by atoms with van der Waals surface area (Å²) in [6, 6.07) is 9.95. The number of ether oxygens (including phenoxy) is 2. The average Bonchev–Trinajstić information content (AvgIpc) is 3.12. The molecule has 0 unspecified atom stereocenters. The van der Waals surface area contributed by atoms with Crippen LogP contribution in [0, 0.1) is 13.8 Å². The smallest absolute Gasteiger partial charge is 0.231 e. The SMILES string of the molecule is Cc1cc2ncn(/N=C/c3ccc4c(c3)OCO4)c2cc1C. The summed E-state index contributed by atoms with van der Waals surface area (Å²) in [6.07, 6.45) is 3.52. The van der Waals surface area contributed by atoms with Crippen LogP contribution >= 0.6 is 0 Å². The van der Waals surface area contributed by atoms with E-state index in [1.165, 1.54) is 11.1 Å². The molecule has 0 saturated carbocycles. The van der Waals surface area contributed by atoms with Gasteiger partial charge >= 0.3 is 0 Å². The van der Waals surface area contributed by atoms with Crippen LogP contribution in [0.25, 0.3) is 11.0 Å². The third kappa shape index (κ3) is 2.11. The zero-order valence-corrected chi connectivity index (χ0v) is 12.4. The van der Waals surface area contributed by atoms with Crippen molar-refractivity contribution < 1.29 is 9.47 Å². The fraction of sp³-hybridized carbons (Fsp3) is 0.176. The minimum atomic E-state index is 0.278. The number of aryl methyl sites for hydroxylation is 2. The van der Waals surface area contributed by atoms with Crippen molar-refractivity contribution in [3.05, 3.63) is 53.3 Å². The Morgan fingerprint density at radius 2 is 1.91 bits per heavy atom. The number of fused-ring (bicyclic) bond motifs is 2. The van der Waals surface area contributed by atoms with Crippen LogP contribution in [0.1, 0.15) is 16.7 Å². The topological polar surface area (TPSA) is 48.6 Å². The van der Waals surface area contributed by atoms with Crippen LogP contribution in [-0.2, 0) is 0 Å². The van der Waals surface area contributed by atoms with E-state index in [2.05, 4.69) is 36.1 Å². The summed E-state index contributed by atoms with van der Waals surface area (Å²) in [4.78, 5) is 4.40. The normalized spacial score (nSPS) is 13.4. The van der Waals surface area contributed by atoms with Gasteiger partial charge in [0.05, 0.1) is 17.2 Å². The molecule has 0 spiro atoms. The Labute approximate surface area is 127 Å². The lowest BCUT2D eigenvalue weighted by atomic mass is 10.1. The Balaban J connectivity index is 1.70. The summed E-state index contributed by atoms with van der Waals surface area (Å²) in [5.41, 5.74) is 5.37. The van der Waals surface area contributed by atoms with E-state index in [0.717, 1.165) is 28.1 Å². The van der Waals surface area contributed by atoms with Gasteiger partial charge in [0.2, 0.25) is 6.79 Å². The van der Waals surface area contributed by atoms with Crippen molar-refractivity contribution in [1.82, 2.24) is 9.66 Å². The van der Waals surface area contributed by atoms with Gasteiger partial charge < -0.3 is 9.47 Å². The minimum Gasteiger partial charge on any atom is -0.454 e. The van der Waals surface area contributed by atoms with Crippen LogP contribution in [0.2, 0.25) is 0 Å². The van der Waals surface area contributed by atoms with Crippen LogP contribution in [0.15, 0.2) is 41.8 Å². The average molecular weight is 293 g/mol. The molecule has 110 valence electrons. The highest BCUT2D eigenvalue weighted by atomic mass is 16.7. The summed E-state index contributed by atoms with van der Waals surface area (Å²) in [6.45, 7) is 4.46. The Morgan fingerprint density at radius 1 is 1.09 bits per heavy atom. The molecule has 1 aliphatic heterocycles. The fourth-order valence-corrected chi connectivity index (χ4v) is 2.47. The zero-order valence-electron chi connectivity index (χ0n) is 12.4. The predicted octanol–water partition coefficient (Wildman–Crippen LogP) is 3.26. The summed E-state index contributed by atoms with van der Waals surface area (Å²) in [5.74, 6) is 1.53. The highest BCUT2D eigenvalue weighted by Crippen LogP contribution is 2.32. The van der Waals surface area contributed by atoms with Crippen LogP contribution in [0.3, 0.4) is 0 Å². The third-order valence-corrected chi connectivity index (χ3v) is 3.87. The van der Waals surface area contributed by atoms with E-state index in [9.17, 15) is 0 Å². The zero-order chi connectivity index (χ0) is 15.1. The fourth-order valence-electron chi connectivity index (χ4n) is 2.47. The largest absolute Gasteiger partial charge is 0.454 e. The number of benzene rings is 2. The summed E-state index contributed by atoms with van der Waals surface area (Å²) >= 11 is 0. The summed E-state index contributed by atoms with van der Waals surface area (Å²) in [5, 5.41) is 4.49. The Morgan fingerprint density at radius 3 is 2.82 bits per heavy atom. The number of rotatable bonds is 2. The van der Waals surface area contributed by atoms with Crippen LogP contribution in [0.5, 0.6) is 11.5 Å². The molecule has 0 N–H and O–H groups in total. The first-order chi connectivity index (χ1) is 10.7. The molecule has 5 nitrogen and oxygen atoms in total. The third-order valence-electron chi connectivity index (χ3n) is 3.87. The second-order valence-corrected chi connectivity index (χ2v) is 5.37. The second kappa shape index (κ2) is 4.87. The lowest BCUT2D eigenvalue weighted by molar-refractivity contribution is 0.174. The van der Waals surface area contributed by atoms with E-state index in [4.69, 9.17) is 9.47 Å². The molecule has 0 saturated heterocycles. The Hall–Kier alpha value is -2.82. The molecule has 0 fully saturated rings. The maximum Gasteiger partial charge on any atom is 0.231 e. The van der Waals surface area contributed by atoms with Crippen molar-refractivity contribution in [2.24, 2.45) is 5.10 Å². The molecule has 22 heavy (non-hydrogen) atoms. The van der Waals surface area contributed by atoms with Crippen molar-refractivity contribution in [3.8, 4) is 11.5 Å². The van der Waals surface area contributed by atoms with Gasteiger partial charge in [0.15, 0.2) is 11.5 Å². The highest BCUT2D eigenvalue weighted by molar-refractivity contribution is 5.82. The maximum absolute atomic E-state index is 5.37. The van der Waals surface area contributed by atoms with Gasteiger partial charge in [-0.3, -0.25) is 0 Å². The molecule has 5 heteroatoms. The van der Waals surface area contributed by atoms with Crippen LogP contribution in [-0.4, -0.2) is 22.7 Å². The molecule has 3 aromatic rings. The number of hydrogen-bond donors (Lipinski definition) is 0. The van der Waals surface area contributed by atoms with Crippen molar-refractivity contribution >= 4 is 17.2 Å². The molecule has 2 heterocycles. The lowest BCUT2D eigenvalue weighted by Crippen LogP contribution is -1.93. The standard InChI is InChI=1S/C17H15N3O2/c1-11-5-14-15(6-12(11)2)20(9-18-14)19-8-13-3-4-16-17(7-13)22-10-21-16/h3-9H,10H2,1-2H3/b19-8+. The van der Waals surface area contributed by atoms with Gasteiger partial charge in [0.25, 0.3) is 0 Å². The van der Waals surface area contributed by atoms with Crippen LogP contribution in [0.4, 0.5) is 0 Å². The first-order valence-electron chi connectivity index (χ1n) is 7.09. The van der Waals surface area contributed by atoms with E-state index in [1.54, 1.807) is 17.2 Å². The molecule has 0 aliphatic carbocycles. The van der Waals surface area contributed by atoms with E-state index < -0.39 is 0 Å². The quantitative estimate of drug-likeness (QED) is 0.681. The first kappa shape index (κ1) is 12.9. The molecule has 2 aromatic carbocycles. The van der Waals surface area contributed by atoms with Crippen molar-refractivity contribution in [1.29, 1.82) is 0 Å². The van der Waals surface area contributed by atoms with Crippen molar-refractivity contribution in [2.45, 2.75) is 13.8 Å². The van der Waals surface area contributed by atoms with Gasteiger partial charge in [-0.2, -0.15) is 5.10 Å². The molecule has 0 radical (unpaired) electrons. The molecular weight excluding hydrogens is 278 g/mol. The molecule has 0 atom stereocenters. The van der Waals surface area contributed by atoms with Gasteiger partial charge in [0.1, 0.15) is 6.33 Å². The number of imidazole rings is 1. The number of aromatic nitrogens is 2. The van der Waals surface area contributed by atoms with Gasteiger partial charge in [-0.1, -0.05) is 0 Å². The van der Waals surface area contributed by atoms with E-state index in [0.29, 0.717) is 0 Å². The van der Waals surface area contributed by atoms with Gasteiger partial charge in [0, 0.05) is 0 Å². The van der Waals surface area contributed by atoms with E-state index >= 15 is 0 Å². The van der Waals surface area contributed by atoms with Gasteiger partial charge in [-0.15, -0.1) is 0 Å². The number of hydrogen-bond acceptors (Lipinski definition) is 4. The molecule has 4 rings (SSSR count). The summed E-state index contributed by atoms with van der Waals surface area (Å²) in [7, 11) is 0. The van der Waals surface area contributed by atoms with Crippen molar-refractivity contribution in [2.75, 3.05) is 6.79 Å². The lowest BCUT2D eigenvalue weighted by Gasteiger charge is -2.01. The maximum atomic E-state index is 5.37. The second-order valence-electron chi connectivity index (χ2n) is 5.37.